The van der Waals surface area contributed by atoms with Crippen LogP contribution in [0.25, 0.3) is 0 Å². The highest BCUT2D eigenvalue weighted by Crippen LogP contribution is 2.25. The molecule has 92 valence electrons. The third-order valence-electron chi connectivity index (χ3n) is 2.81. The average Bonchev–Trinajstić information content (AvgIpc) is 2.30. The molecule has 17 heavy (non-hydrogen) atoms. The molecule has 0 saturated heterocycles. The molecule has 2 atom stereocenters. The molecular weight excluding hydrogens is 240 g/mol. The van der Waals surface area contributed by atoms with Gasteiger partial charge in [-0.1, -0.05) is 18.2 Å². The van der Waals surface area contributed by atoms with Crippen molar-refractivity contribution in [2.45, 2.75) is 24.2 Å². The molecular formula is C12H14O4S. The van der Waals surface area contributed by atoms with Gasteiger partial charge in [0.2, 0.25) is 0 Å². The van der Waals surface area contributed by atoms with E-state index < -0.39 is 21.2 Å². The highest BCUT2D eigenvalue weighted by molar-refractivity contribution is 7.96. The lowest BCUT2D eigenvalue weighted by Crippen LogP contribution is -2.22. The van der Waals surface area contributed by atoms with Gasteiger partial charge in [0.1, 0.15) is 5.76 Å². The Morgan fingerprint density at radius 2 is 1.88 bits per heavy atom. The van der Waals surface area contributed by atoms with Gasteiger partial charge >= 0.3 is 0 Å². The second-order valence-electron chi connectivity index (χ2n) is 4.08. The summed E-state index contributed by atoms with van der Waals surface area (Å²) in [5, 5.41) is 17.8. The normalized spacial score (nSPS) is 28.8. The fraction of sp³-hybridized carbons (Fsp3) is 0.333. The van der Waals surface area contributed by atoms with Gasteiger partial charge in [-0.15, -0.1) is 0 Å². The molecule has 2 aliphatic rings. The van der Waals surface area contributed by atoms with Gasteiger partial charge in [0, 0.05) is 0 Å². The standard InChI is InChI=1S/C12H14O4S/c13-9-1-5-11(6-2-9)17(15,16)12-7-3-10(14)4-8-12/h1-3,5,7-8,10-11,13-14H,4,6H2. The van der Waals surface area contributed by atoms with Gasteiger partial charge in [0.15, 0.2) is 9.84 Å². The van der Waals surface area contributed by atoms with Crippen molar-refractivity contribution in [1.82, 2.24) is 0 Å². The monoisotopic (exact) mass is 254 g/mol. The van der Waals surface area contributed by atoms with Crippen LogP contribution in [0.1, 0.15) is 12.8 Å². The lowest BCUT2D eigenvalue weighted by atomic mass is 10.1. The molecule has 0 fully saturated rings. The second kappa shape index (κ2) is 4.50. The summed E-state index contributed by atoms with van der Waals surface area (Å²) in [6.45, 7) is 0. The Hall–Kier alpha value is -1.33. The van der Waals surface area contributed by atoms with Gasteiger partial charge in [0.05, 0.1) is 16.3 Å². The Kier molecular flexibility index (Phi) is 3.22. The Labute approximate surface area is 100 Å². The van der Waals surface area contributed by atoms with Gasteiger partial charge in [-0.3, -0.25) is 0 Å². The summed E-state index contributed by atoms with van der Waals surface area (Å²) in [5.41, 5.74) is 0. The third-order valence-corrected chi connectivity index (χ3v) is 4.92. The topological polar surface area (TPSA) is 74.6 Å². The van der Waals surface area contributed by atoms with Gasteiger partial charge < -0.3 is 10.2 Å². The van der Waals surface area contributed by atoms with Crippen molar-refractivity contribution in [2.75, 3.05) is 0 Å². The van der Waals surface area contributed by atoms with Crippen molar-refractivity contribution < 1.29 is 18.6 Å². The first-order chi connectivity index (χ1) is 8.00. The molecule has 0 aromatic carbocycles. The molecule has 2 aliphatic carbocycles. The largest absolute Gasteiger partial charge is 0.508 e. The lowest BCUT2D eigenvalue weighted by Gasteiger charge is -2.18. The zero-order valence-electron chi connectivity index (χ0n) is 9.15. The smallest absolute Gasteiger partial charge is 0.184 e. The van der Waals surface area contributed by atoms with E-state index in [-0.39, 0.29) is 17.1 Å². The number of aliphatic hydroxyl groups is 2. The summed E-state index contributed by atoms with van der Waals surface area (Å²) in [6.07, 6.45) is 8.83. The number of rotatable bonds is 2. The highest BCUT2D eigenvalue weighted by Gasteiger charge is 2.28. The van der Waals surface area contributed by atoms with Gasteiger partial charge in [-0.25, -0.2) is 8.42 Å². The number of allylic oxidation sites excluding steroid dienone is 3. The zero-order chi connectivity index (χ0) is 12.5. The summed E-state index contributed by atoms with van der Waals surface area (Å²) in [7, 11) is -3.41. The quantitative estimate of drug-likeness (QED) is 0.780. The zero-order valence-corrected chi connectivity index (χ0v) is 9.97. The molecule has 5 heteroatoms. The van der Waals surface area contributed by atoms with E-state index in [1.165, 1.54) is 36.5 Å². The van der Waals surface area contributed by atoms with E-state index in [0.29, 0.717) is 6.42 Å². The van der Waals surface area contributed by atoms with E-state index in [2.05, 4.69) is 0 Å². The number of hydrogen-bond acceptors (Lipinski definition) is 4. The fourth-order valence-corrected chi connectivity index (χ4v) is 3.38. The summed E-state index contributed by atoms with van der Waals surface area (Å²) < 4.78 is 24.4. The van der Waals surface area contributed by atoms with Crippen molar-refractivity contribution in [2.24, 2.45) is 0 Å². The number of aliphatic hydroxyl groups excluding tert-OH is 2. The third kappa shape index (κ3) is 2.50. The van der Waals surface area contributed by atoms with E-state index in [1.54, 1.807) is 0 Å². The molecule has 0 amide bonds. The Bertz CT molecular complexity index is 523. The molecule has 2 rings (SSSR count). The minimum Gasteiger partial charge on any atom is -0.508 e. The first-order valence-corrected chi connectivity index (χ1v) is 6.92. The molecule has 0 heterocycles. The first kappa shape index (κ1) is 12.1. The van der Waals surface area contributed by atoms with Crippen LogP contribution in [0, 0.1) is 0 Å². The first-order valence-electron chi connectivity index (χ1n) is 5.38. The lowest BCUT2D eigenvalue weighted by molar-refractivity contribution is 0.225. The van der Waals surface area contributed by atoms with Gasteiger partial charge in [-0.2, -0.15) is 0 Å². The second-order valence-corrected chi connectivity index (χ2v) is 6.24. The van der Waals surface area contributed by atoms with E-state index >= 15 is 0 Å². The fourth-order valence-electron chi connectivity index (χ4n) is 1.79. The van der Waals surface area contributed by atoms with Crippen molar-refractivity contribution in [3.63, 3.8) is 0 Å². The van der Waals surface area contributed by atoms with Crippen LogP contribution in [0.5, 0.6) is 0 Å². The summed E-state index contributed by atoms with van der Waals surface area (Å²) in [5.74, 6) is 0.0973. The molecule has 2 unspecified atom stereocenters. The van der Waals surface area contributed by atoms with Crippen molar-refractivity contribution in [1.29, 1.82) is 0 Å². The molecule has 2 N–H and O–H groups in total. The Morgan fingerprint density at radius 3 is 2.41 bits per heavy atom. The molecule has 0 saturated carbocycles. The van der Waals surface area contributed by atoms with Crippen LogP contribution in [0.4, 0.5) is 0 Å². The average molecular weight is 254 g/mol. The molecule has 0 radical (unpaired) electrons. The predicted molar refractivity (Wildman–Crippen MR) is 65.0 cm³/mol. The van der Waals surface area contributed by atoms with Crippen molar-refractivity contribution in [3.05, 3.63) is 47.1 Å². The minimum atomic E-state index is -3.41. The molecule has 0 aliphatic heterocycles. The Balaban J connectivity index is 2.21. The molecule has 0 aromatic rings. The highest BCUT2D eigenvalue weighted by atomic mass is 32.2. The predicted octanol–water partition coefficient (Wildman–Crippen LogP) is 1.38. The van der Waals surface area contributed by atoms with Crippen LogP contribution in [0.2, 0.25) is 0 Å². The van der Waals surface area contributed by atoms with E-state index in [1.807, 2.05) is 0 Å². The number of sulfone groups is 1. The van der Waals surface area contributed by atoms with E-state index in [4.69, 9.17) is 5.11 Å². The van der Waals surface area contributed by atoms with E-state index in [0.717, 1.165) is 0 Å². The van der Waals surface area contributed by atoms with Gasteiger partial charge in [-0.05, 0) is 31.1 Å². The Morgan fingerprint density at radius 1 is 1.12 bits per heavy atom. The van der Waals surface area contributed by atoms with Crippen LogP contribution < -0.4 is 0 Å². The van der Waals surface area contributed by atoms with Crippen LogP contribution in [0.15, 0.2) is 47.1 Å². The molecule has 0 aromatic heterocycles. The van der Waals surface area contributed by atoms with Crippen LogP contribution >= 0.6 is 0 Å². The maximum atomic E-state index is 12.2. The van der Waals surface area contributed by atoms with Crippen molar-refractivity contribution >= 4 is 9.84 Å². The maximum Gasteiger partial charge on any atom is 0.184 e. The summed E-state index contributed by atoms with van der Waals surface area (Å²) >= 11 is 0. The minimum absolute atomic E-state index is 0.0973. The molecule has 4 nitrogen and oxygen atoms in total. The van der Waals surface area contributed by atoms with Crippen LogP contribution in [-0.4, -0.2) is 30.0 Å². The van der Waals surface area contributed by atoms with Crippen LogP contribution in [-0.2, 0) is 9.84 Å². The maximum absolute atomic E-state index is 12.2. The number of hydrogen-bond donors (Lipinski definition) is 2. The van der Waals surface area contributed by atoms with Crippen LogP contribution in [0.3, 0.4) is 0 Å². The van der Waals surface area contributed by atoms with Gasteiger partial charge in [0.25, 0.3) is 0 Å². The summed E-state index contributed by atoms with van der Waals surface area (Å²) in [4.78, 5) is 0.243. The molecule has 0 spiro atoms. The molecule has 0 bridgehead atoms. The SMILES string of the molecule is O=S(=O)(C1=CCC(O)C=C1)C1C=CC(O)=CC1. The summed E-state index contributed by atoms with van der Waals surface area (Å²) in [6, 6.07) is 0. The van der Waals surface area contributed by atoms with Crippen molar-refractivity contribution in [3.8, 4) is 0 Å². The van der Waals surface area contributed by atoms with E-state index in [9.17, 15) is 13.5 Å².